The normalized spacial score (nSPS) is 9.64. The van der Waals surface area contributed by atoms with Crippen molar-refractivity contribution in [2.75, 3.05) is 0 Å². The Hall–Kier alpha value is -0.830. The minimum Gasteiger partial charge on any atom is -0.507 e. The van der Waals surface area contributed by atoms with Gasteiger partial charge in [0.15, 0.2) is 0 Å². The lowest BCUT2D eigenvalue weighted by Crippen LogP contribution is -1.80. The van der Waals surface area contributed by atoms with Crippen LogP contribution in [0.2, 0.25) is 0 Å². The van der Waals surface area contributed by atoms with Crippen LogP contribution < -0.4 is 0 Å². The van der Waals surface area contributed by atoms with Crippen molar-refractivity contribution in [2.45, 2.75) is 0 Å². The summed E-state index contributed by atoms with van der Waals surface area (Å²) in [5, 5.41) is 9.15. The highest BCUT2D eigenvalue weighted by atomic mass is 79.9. The van der Waals surface area contributed by atoms with E-state index >= 15 is 0 Å². The first-order valence-corrected chi connectivity index (χ1v) is 3.75. The predicted octanol–water partition coefficient (Wildman–Crippen LogP) is 2.94. The second-order valence-electron chi connectivity index (χ2n) is 2.03. The maximum Gasteiger partial charge on any atom is 0.138 e. The first kappa shape index (κ1) is 8.27. The van der Waals surface area contributed by atoms with Gasteiger partial charge in [-0.25, -0.2) is 4.39 Å². The van der Waals surface area contributed by atoms with Crippen LogP contribution in [0.5, 0.6) is 5.75 Å². The number of phenolic OH excluding ortho intramolecular Hbond substituents is 1. The minimum atomic E-state index is -0.405. The van der Waals surface area contributed by atoms with E-state index in [0.717, 1.165) is 0 Å². The van der Waals surface area contributed by atoms with Crippen molar-refractivity contribution in [2.24, 2.45) is 0 Å². The molecule has 1 aromatic rings. The molecule has 0 aliphatic rings. The summed E-state index contributed by atoms with van der Waals surface area (Å²) >= 11 is 2.94. The Morgan fingerprint density at radius 2 is 2.18 bits per heavy atom. The average Bonchev–Trinajstić information content (AvgIpc) is 1.97. The largest absolute Gasteiger partial charge is 0.507 e. The van der Waals surface area contributed by atoms with Gasteiger partial charge in [0, 0.05) is 5.56 Å². The fourth-order valence-electron chi connectivity index (χ4n) is 0.715. The quantitative estimate of drug-likeness (QED) is 0.766. The molecule has 0 unspecified atom stereocenters. The number of benzene rings is 1. The molecule has 0 aliphatic heterocycles. The first-order valence-electron chi connectivity index (χ1n) is 2.95. The summed E-state index contributed by atoms with van der Waals surface area (Å²) in [5.41, 5.74) is 0.394. The Kier molecular flexibility index (Phi) is 2.29. The van der Waals surface area contributed by atoms with Gasteiger partial charge in [0.05, 0.1) is 4.47 Å². The number of hydrogen-bond donors (Lipinski definition) is 1. The topological polar surface area (TPSA) is 20.2 Å². The van der Waals surface area contributed by atoms with Gasteiger partial charge in [-0.15, -0.1) is 0 Å². The maximum atomic E-state index is 12.7. The number of rotatable bonds is 1. The molecule has 0 aromatic heterocycles. The van der Waals surface area contributed by atoms with Crippen LogP contribution >= 0.6 is 15.9 Å². The van der Waals surface area contributed by atoms with Crippen LogP contribution in [0.4, 0.5) is 4.39 Å². The third-order valence-electron chi connectivity index (χ3n) is 1.29. The van der Waals surface area contributed by atoms with Crippen LogP contribution in [-0.4, -0.2) is 5.11 Å². The number of phenols is 1. The summed E-state index contributed by atoms with van der Waals surface area (Å²) in [6.45, 7) is 3.42. The molecular weight excluding hydrogens is 211 g/mol. The highest BCUT2D eigenvalue weighted by molar-refractivity contribution is 9.10. The zero-order valence-electron chi connectivity index (χ0n) is 5.64. The molecule has 1 rings (SSSR count). The average molecular weight is 217 g/mol. The zero-order chi connectivity index (χ0) is 8.43. The molecule has 1 nitrogen and oxygen atoms in total. The monoisotopic (exact) mass is 216 g/mol. The molecule has 1 aromatic carbocycles. The van der Waals surface area contributed by atoms with Gasteiger partial charge < -0.3 is 5.11 Å². The summed E-state index contributed by atoms with van der Waals surface area (Å²) in [4.78, 5) is 0. The molecule has 0 fully saturated rings. The van der Waals surface area contributed by atoms with Crippen LogP contribution in [0, 0.1) is 5.82 Å². The maximum absolute atomic E-state index is 12.7. The lowest BCUT2D eigenvalue weighted by molar-refractivity contribution is 0.471. The first-order chi connectivity index (χ1) is 5.15. The molecule has 1 N–H and O–H groups in total. The lowest BCUT2D eigenvalue weighted by atomic mass is 10.2. The molecule has 0 atom stereocenters. The lowest BCUT2D eigenvalue weighted by Gasteiger charge is -1.99. The molecule has 3 heteroatoms. The van der Waals surface area contributed by atoms with Crippen molar-refractivity contribution < 1.29 is 9.50 Å². The molecule has 0 amide bonds. The minimum absolute atomic E-state index is 0.0216. The smallest absolute Gasteiger partial charge is 0.138 e. The fourth-order valence-corrected chi connectivity index (χ4v) is 1.05. The van der Waals surface area contributed by atoms with E-state index in [1.165, 1.54) is 18.2 Å². The summed E-state index contributed by atoms with van der Waals surface area (Å²) < 4.78 is 13.0. The number of hydrogen-bond acceptors (Lipinski definition) is 1. The van der Waals surface area contributed by atoms with Gasteiger partial charge >= 0.3 is 0 Å². The summed E-state index contributed by atoms with van der Waals surface area (Å²) in [7, 11) is 0. The predicted molar refractivity (Wildman–Crippen MR) is 45.9 cm³/mol. The van der Waals surface area contributed by atoms with Crippen molar-refractivity contribution in [1.82, 2.24) is 0 Å². The Balaban J connectivity index is 3.31. The van der Waals surface area contributed by atoms with Crippen molar-refractivity contribution >= 4 is 22.0 Å². The highest BCUT2D eigenvalue weighted by Crippen LogP contribution is 2.25. The van der Waals surface area contributed by atoms with E-state index in [0.29, 0.717) is 5.56 Å². The van der Waals surface area contributed by atoms with E-state index in [4.69, 9.17) is 5.11 Å². The van der Waals surface area contributed by atoms with Crippen LogP contribution in [0.1, 0.15) is 5.56 Å². The Labute approximate surface area is 72.3 Å². The van der Waals surface area contributed by atoms with Gasteiger partial charge in [0.1, 0.15) is 11.6 Å². The second-order valence-corrected chi connectivity index (χ2v) is 2.88. The van der Waals surface area contributed by atoms with Crippen LogP contribution in [0.3, 0.4) is 0 Å². The summed E-state index contributed by atoms with van der Waals surface area (Å²) in [5.74, 6) is -0.383. The van der Waals surface area contributed by atoms with Gasteiger partial charge in [-0.3, -0.25) is 0 Å². The molecule has 58 valence electrons. The molecule has 0 aliphatic carbocycles. The molecule has 0 saturated heterocycles. The number of halogens is 2. The summed E-state index contributed by atoms with van der Waals surface area (Å²) in [6, 6.07) is 2.51. The van der Waals surface area contributed by atoms with Crippen molar-refractivity contribution in [1.29, 1.82) is 0 Å². The van der Waals surface area contributed by atoms with Crippen molar-refractivity contribution in [3.63, 3.8) is 0 Å². The Bertz CT molecular complexity index is 296. The van der Waals surface area contributed by atoms with Crippen molar-refractivity contribution in [3.8, 4) is 5.75 Å². The van der Waals surface area contributed by atoms with E-state index in [2.05, 4.69) is 22.5 Å². The fraction of sp³-hybridized carbons (Fsp3) is 0. The van der Waals surface area contributed by atoms with E-state index in [1.54, 1.807) is 0 Å². The third-order valence-corrected chi connectivity index (χ3v) is 1.90. The van der Waals surface area contributed by atoms with E-state index in [9.17, 15) is 4.39 Å². The van der Waals surface area contributed by atoms with Gasteiger partial charge in [-0.2, -0.15) is 0 Å². The van der Waals surface area contributed by atoms with E-state index in [1.807, 2.05) is 0 Å². The van der Waals surface area contributed by atoms with Gasteiger partial charge in [0.2, 0.25) is 0 Å². The Morgan fingerprint density at radius 3 is 2.73 bits per heavy atom. The number of aromatic hydroxyl groups is 1. The second kappa shape index (κ2) is 3.05. The van der Waals surface area contributed by atoms with Gasteiger partial charge in [-0.05, 0) is 28.1 Å². The van der Waals surface area contributed by atoms with Crippen LogP contribution in [0.15, 0.2) is 23.2 Å². The Morgan fingerprint density at radius 1 is 1.55 bits per heavy atom. The SMILES string of the molecule is C=Cc1cc(F)c(Br)cc1O. The van der Waals surface area contributed by atoms with Crippen LogP contribution in [-0.2, 0) is 0 Å². The molecule has 11 heavy (non-hydrogen) atoms. The van der Waals surface area contributed by atoms with Gasteiger partial charge in [-0.1, -0.05) is 12.7 Å². The van der Waals surface area contributed by atoms with Gasteiger partial charge in [0.25, 0.3) is 0 Å². The molecule has 0 radical (unpaired) electrons. The van der Waals surface area contributed by atoms with Crippen LogP contribution in [0.25, 0.3) is 6.08 Å². The third kappa shape index (κ3) is 1.60. The molecule has 0 heterocycles. The molecule has 0 spiro atoms. The van der Waals surface area contributed by atoms with E-state index < -0.39 is 5.82 Å². The zero-order valence-corrected chi connectivity index (χ0v) is 7.23. The standard InChI is InChI=1S/C8H6BrFO/c1-2-5-3-7(10)6(9)4-8(5)11/h2-4,11H,1H2. The van der Waals surface area contributed by atoms with Crippen molar-refractivity contribution in [3.05, 3.63) is 34.6 Å². The molecule has 0 saturated carbocycles. The summed E-state index contributed by atoms with van der Waals surface area (Å²) in [6.07, 6.45) is 1.39. The van der Waals surface area contributed by atoms with E-state index in [-0.39, 0.29) is 10.2 Å². The highest BCUT2D eigenvalue weighted by Gasteiger charge is 2.03. The molecule has 0 bridgehead atoms. The molecular formula is C8H6BrFO.